The van der Waals surface area contributed by atoms with E-state index in [1.807, 2.05) is 0 Å². The van der Waals surface area contributed by atoms with Crippen LogP contribution in [0, 0.1) is 11.8 Å². The van der Waals surface area contributed by atoms with Crippen molar-refractivity contribution in [1.29, 1.82) is 0 Å². The Morgan fingerprint density at radius 2 is 1.46 bits per heavy atom. The number of hydroxylamine groups is 2. The lowest BCUT2D eigenvalue weighted by Crippen LogP contribution is -2.58. The van der Waals surface area contributed by atoms with Crippen molar-refractivity contribution < 1.29 is 9.94 Å². The summed E-state index contributed by atoms with van der Waals surface area (Å²) in [6.45, 7) is 11.7. The summed E-state index contributed by atoms with van der Waals surface area (Å²) in [4.78, 5) is 0. The highest BCUT2D eigenvalue weighted by atomic mass is 16.5. The minimum atomic E-state index is -0.210. The second-order valence-electron chi connectivity index (χ2n) is 10.6. The van der Waals surface area contributed by atoms with Crippen molar-refractivity contribution >= 4 is 0 Å². The summed E-state index contributed by atoms with van der Waals surface area (Å²) in [6, 6.07) is 8.75. The van der Waals surface area contributed by atoms with E-state index in [4.69, 9.17) is 4.74 Å². The smallest absolute Gasteiger partial charge is 0.119 e. The molecule has 3 rings (SSSR count). The molecule has 1 saturated carbocycles. The third-order valence-corrected chi connectivity index (χ3v) is 7.14. The van der Waals surface area contributed by atoms with Crippen molar-refractivity contribution in [3.63, 3.8) is 0 Å². The highest BCUT2D eigenvalue weighted by Crippen LogP contribution is 2.44. The Morgan fingerprint density at radius 3 is 2.00 bits per heavy atom. The number of ether oxygens (including phenoxy) is 1. The van der Waals surface area contributed by atoms with Gasteiger partial charge in [0.25, 0.3) is 0 Å². The van der Waals surface area contributed by atoms with Crippen molar-refractivity contribution in [2.75, 3.05) is 6.61 Å². The molecule has 28 heavy (non-hydrogen) atoms. The fourth-order valence-corrected chi connectivity index (χ4v) is 5.65. The molecule has 0 radical (unpaired) electrons. The predicted octanol–water partition coefficient (Wildman–Crippen LogP) is 6.80. The lowest BCUT2D eigenvalue weighted by atomic mass is 9.73. The van der Waals surface area contributed by atoms with Gasteiger partial charge < -0.3 is 9.94 Å². The predicted molar refractivity (Wildman–Crippen MR) is 116 cm³/mol. The molecule has 0 spiro atoms. The Labute approximate surface area is 172 Å². The molecular formula is C25H41NO2. The number of benzene rings is 1. The SMILES string of the molecule is CCCC1CCC(COc2ccc(C3CC(C)(C)N(O)C(C)(C)C3)cc2)CC1. The number of piperidine rings is 1. The van der Waals surface area contributed by atoms with Crippen molar-refractivity contribution in [2.24, 2.45) is 11.8 Å². The van der Waals surface area contributed by atoms with Crippen LogP contribution < -0.4 is 4.74 Å². The molecule has 2 fully saturated rings. The Hall–Kier alpha value is -1.06. The first-order chi connectivity index (χ1) is 13.2. The molecule has 1 aliphatic heterocycles. The van der Waals surface area contributed by atoms with E-state index in [9.17, 15) is 5.21 Å². The number of nitrogens with zero attached hydrogens (tertiary/aromatic N) is 1. The van der Waals surface area contributed by atoms with Gasteiger partial charge in [-0.1, -0.05) is 44.7 Å². The molecule has 0 atom stereocenters. The van der Waals surface area contributed by atoms with Gasteiger partial charge in [0.05, 0.1) is 6.61 Å². The topological polar surface area (TPSA) is 32.7 Å². The van der Waals surface area contributed by atoms with E-state index >= 15 is 0 Å². The van der Waals surface area contributed by atoms with E-state index < -0.39 is 0 Å². The average Bonchev–Trinajstić information content (AvgIpc) is 2.66. The van der Waals surface area contributed by atoms with Crippen LogP contribution in [0.1, 0.15) is 97.5 Å². The highest BCUT2D eigenvalue weighted by Gasteiger charge is 2.45. The quantitative estimate of drug-likeness (QED) is 0.583. The number of rotatable bonds is 6. The van der Waals surface area contributed by atoms with Crippen LogP contribution in [0.5, 0.6) is 5.75 Å². The molecule has 1 aliphatic carbocycles. The van der Waals surface area contributed by atoms with E-state index in [1.54, 1.807) is 5.06 Å². The summed E-state index contributed by atoms with van der Waals surface area (Å²) in [5.74, 6) is 3.15. The minimum absolute atomic E-state index is 0.210. The third-order valence-electron chi connectivity index (χ3n) is 7.14. The third kappa shape index (κ3) is 5.10. The summed E-state index contributed by atoms with van der Waals surface area (Å²) in [6.07, 6.45) is 10.1. The average molecular weight is 388 g/mol. The van der Waals surface area contributed by atoms with E-state index in [0.717, 1.165) is 37.0 Å². The lowest BCUT2D eigenvalue weighted by Gasteiger charge is -2.51. The molecule has 1 saturated heterocycles. The van der Waals surface area contributed by atoms with Crippen molar-refractivity contribution in [3.8, 4) is 5.75 Å². The van der Waals surface area contributed by atoms with Crippen molar-refractivity contribution in [2.45, 2.75) is 103 Å². The summed E-state index contributed by atoms with van der Waals surface area (Å²) in [5.41, 5.74) is 0.942. The van der Waals surface area contributed by atoms with Gasteiger partial charge in [-0.2, -0.15) is 5.06 Å². The van der Waals surface area contributed by atoms with Gasteiger partial charge >= 0.3 is 0 Å². The zero-order valence-corrected chi connectivity index (χ0v) is 18.7. The maximum absolute atomic E-state index is 10.5. The van der Waals surface area contributed by atoms with E-state index in [0.29, 0.717) is 5.92 Å². The number of hydrogen-bond donors (Lipinski definition) is 1. The fourth-order valence-electron chi connectivity index (χ4n) is 5.65. The number of hydrogen-bond acceptors (Lipinski definition) is 3. The van der Waals surface area contributed by atoms with Gasteiger partial charge in [-0.25, -0.2) is 0 Å². The Balaban J connectivity index is 1.53. The van der Waals surface area contributed by atoms with E-state index in [1.165, 1.54) is 44.1 Å². The van der Waals surface area contributed by atoms with E-state index in [-0.39, 0.29) is 11.1 Å². The van der Waals surface area contributed by atoms with E-state index in [2.05, 4.69) is 58.9 Å². The zero-order valence-electron chi connectivity index (χ0n) is 18.7. The van der Waals surface area contributed by atoms with Crippen LogP contribution in [0.3, 0.4) is 0 Å². The van der Waals surface area contributed by atoms with Crippen LogP contribution >= 0.6 is 0 Å². The molecular weight excluding hydrogens is 346 g/mol. The Bertz CT molecular complexity index is 596. The standard InChI is InChI=1S/C25H41NO2/c1-6-7-19-8-10-20(11-9-19)18-28-23-14-12-21(13-15-23)22-16-24(2,3)26(27)25(4,5)17-22/h12-15,19-20,22,27H,6-11,16-18H2,1-5H3. The highest BCUT2D eigenvalue weighted by molar-refractivity contribution is 5.30. The van der Waals surface area contributed by atoms with Gasteiger partial charge in [0.15, 0.2) is 0 Å². The fraction of sp³-hybridized carbons (Fsp3) is 0.760. The molecule has 0 amide bonds. The first kappa shape index (κ1) is 21.6. The van der Waals surface area contributed by atoms with Crippen LogP contribution in [-0.4, -0.2) is 28.0 Å². The molecule has 1 N–H and O–H groups in total. The summed E-state index contributed by atoms with van der Waals surface area (Å²) in [7, 11) is 0. The van der Waals surface area contributed by atoms with Crippen LogP contribution in [0.2, 0.25) is 0 Å². The molecule has 1 aromatic carbocycles. The maximum Gasteiger partial charge on any atom is 0.119 e. The summed E-state index contributed by atoms with van der Waals surface area (Å²) >= 11 is 0. The molecule has 2 aliphatic rings. The summed E-state index contributed by atoms with van der Waals surface area (Å²) in [5, 5.41) is 12.1. The molecule has 0 aromatic heterocycles. The van der Waals surface area contributed by atoms with Crippen molar-refractivity contribution in [3.05, 3.63) is 29.8 Å². The van der Waals surface area contributed by atoms with Crippen LogP contribution in [0.25, 0.3) is 0 Å². The van der Waals surface area contributed by atoms with Crippen LogP contribution in [0.4, 0.5) is 0 Å². The zero-order chi connectivity index (χ0) is 20.4. The summed E-state index contributed by atoms with van der Waals surface area (Å²) < 4.78 is 6.13. The second-order valence-corrected chi connectivity index (χ2v) is 10.6. The molecule has 3 nitrogen and oxygen atoms in total. The Kier molecular flexibility index (Phi) is 6.76. The van der Waals surface area contributed by atoms with Crippen molar-refractivity contribution in [1.82, 2.24) is 5.06 Å². The maximum atomic E-state index is 10.5. The van der Waals surface area contributed by atoms with Gasteiger partial charge in [0.1, 0.15) is 5.75 Å². The second kappa shape index (κ2) is 8.75. The van der Waals surface area contributed by atoms with Gasteiger partial charge in [-0.05, 0) is 88.8 Å². The molecule has 3 heteroatoms. The van der Waals surface area contributed by atoms with Crippen LogP contribution in [-0.2, 0) is 0 Å². The van der Waals surface area contributed by atoms with Crippen LogP contribution in [0.15, 0.2) is 24.3 Å². The van der Waals surface area contributed by atoms with Gasteiger partial charge in [-0.3, -0.25) is 0 Å². The largest absolute Gasteiger partial charge is 0.493 e. The molecule has 0 bridgehead atoms. The first-order valence-electron chi connectivity index (χ1n) is 11.4. The monoisotopic (exact) mass is 387 g/mol. The van der Waals surface area contributed by atoms with Gasteiger partial charge in [-0.15, -0.1) is 0 Å². The Morgan fingerprint density at radius 1 is 0.929 bits per heavy atom. The molecule has 1 aromatic rings. The minimum Gasteiger partial charge on any atom is -0.493 e. The van der Waals surface area contributed by atoms with Gasteiger partial charge in [0.2, 0.25) is 0 Å². The molecule has 1 heterocycles. The normalized spacial score (nSPS) is 28.2. The molecule has 158 valence electrons. The van der Waals surface area contributed by atoms with Gasteiger partial charge in [0, 0.05) is 11.1 Å². The first-order valence-corrected chi connectivity index (χ1v) is 11.4. The molecule has 0 unspecified atom stereocenters. The lowest BCUT2D eigenvalue weighted by molar-refractivity contribution is -0.245.